The Morgan fingerprint density at radius 2 is 1.75 bits per heavy atom. The molecule has 2 aromatic carbocycles. The van der Waals surface area contributed by atoms with E-state index in [1.54, 1.807) is 36.4 Å². The molecule has 32 heavy (non-hydrogen) atoms. The van der Waals surface area contributed by atoms with Crippen LogP contribution in [0.4, 0.5) is 11.4 Å². The van der Waals surface area contributed by atoms with Crippen molar-refractivity contribution >= 4 is 32.2 Å². The lowest BCUT2D eigenvalue weighted by molar-refractivity contribution is 0.100. The molecule has 1 unspecified atom stereocenters. The monoisotopic (exact) mass is 453 g/mol. The second kappa shape index (κ2) is 9.96. The van der Waals surface area contributed by atoms with Crippen molar-refractivity contribution in [3.63, 3.8) is 0 Å². The predicted molar refractivity (Wildman–Crippen MR) is 129 cm³/mol. The van der Waals surface area contributed by atoms with E-state index in [-0.39, 0.29) is 17.2 Å². The zero-order chi connectivity index (χ0) is 22.6. The summed E-state index contributed by atoms with van der Waals surface area (Å²) in [5, 5.41) is 3.41. The fourth-order valence-electron chi connectivity index (χ4n) is 4.64. The van der Waals surface area contributed by atoms with Crippen LogP contribution in [-0.4, -0.2) is 25.3 Å². The van der Waals surface area contributed by atoms with E-state index in [1.807, 2.05) is 12.1 Å². The summed E-state index contributed by atoms with van der Waals surface area (Å²) in [6, 6.07) is 14.6. The Bertz CT molecular complexity index is 1100. The van der Waals surface area contributed by atoms with Crippen LogP contribution >= 0.6 is 0 Å². The fraction of sp³-hybridized carbons (Fsp3) is 0.440. The van der Waals surface area contributed by atoms with E-state index in [0.29, 0.717) is 29.5 Å². The summed E-state index contributed by atoms with van der Waals surface area (Å²) in [6.45, 7) is 2.77. The minimum Gasteiger partial charge on any atom is -0.310 e. The minimum atomic E-state index is -3.94. The Hall–Kier alpha value is -2.51. The zero-order valence-electron chi connectivity index (χ0n) is 18.5. The maximum atomic E-state index is 13.0. The third-order valence-electron chi connectivity index (χ3n) is 6.39. The van der Waals surface area contributed by atoms with Gasteiger partial charge in [0.25, 0.3) is 10.0 Å². The second-order valence-electron chi connectivity index (χ2n) is 8.91. The molecule has 1 aliphatic heterocycles. The number of para-hydroxylation sites is 2. The van der Waals surface area contributed by atoms with Crippen LogP contribution in [0.2, 0.25) is 0 Å². The van der Waals surface area contributed by atoms with Crippen molar-refractivity contribution in [1.29, 1.82) is 0 Å². The van der Waals surface area contributed by atoms with Gasteiger partial charge in [-0.15, -0.1) is 0 Å². The van der Waals surface area contributed by atoms with Crippen LogP contribution in [0.15, 0.2) is 53.5 Å². The number of Topliss-reactive ketones (excluding diaryl/α,β-unsaturated/α-hetero) is 1. The molecule has 1 atom stereocenters. The van der Waals surface area contributed by atoms with Gasteiger partial charge in [-0.05, 0) is 43.0 Å². The Kier molecular flexibility index (Phi) is 7.06. The molecule has 1 fully saturated rings. The van der Waals surface area contributed by atoms with E-state index in [1.165, 1.54) is 32.1 Å². The highest BCUT2D eigenvalue weighted by molar-refractivity contribution is 8.07. The number of nitrogens with one attached hydrogen (secondary N) is 2. The van der Waals surface area contributed by atoms with Gasteiger partial charge in [0.2, 0.25) is 0 Å². The van der Waals surface area contributed by atoms with E-state index < -0.39 is 10.0 Å². The molecule has 2 aromatic rings. The number of hydrogen-bond acceptors (Lipinski definition) is 5. The first kappa shape index (κ1) is 22.7. The van der Waals surface area contributed by atoms with Crippen molar-refractivity contribution in [3.05, 3.63) is 59.7 Å². The molecule has 1 saturated carbocycles. The van der Waals surface area contributed by atoms with Crippen molar-refractivity contribution in [2.75, 3.05) is 4.72 Å². The lowest BCUT2D eigenvalue weighted by Crippen LogP contribution is -2.30. The summed E-state index contributed by atoms with van der Waals surface area (Å²) in [6.07, 6.45) is 7.56. The maximum Gasteiger partial charge on any atom is 0.275 e. The zero-order valence-corrected chi connectivity index (χ0v) is 19.3. The van der Waals surface area contributed by atoms with Gasteiger partial charge in [0.15, 0.2) is 10.8 Å². The molecule has 170 valence electrons. The van der Waals surface area contributed by atoms with Gasteiger partial charge < -0.3 is 5.32 Å². The quantitative estimate of drug-likeness (QED) is 0.604. The Labute approximate surface area is 190 Å². The van der Waals surface area contributed by atoms with Crippen molar-refractivity contribution in [2.45, 2.75) is 64.5 Å². The number of ketones is 1. The SMILES string of the molecule is CC(CC1CCCCC1)NCc1ccccc1NS(=O)(=O)C1=Nc2ccccc2C(=O)C1. The third-order valence-corrected chi connectivity index (χ3v) is 7.73. The van der Waals surface area contributed by atoms with Gasteiger partial charge in [0.1, 0.15) is 0 Å². The van der Waals surface area contributed by atoms with Crippen molar-refractivity contribution < 1.29 is 13.2 Å². The van der Waals surface area contributed by atoms with Gasteiger partial charge in [-0.1, -0.05) is 62.4 Å². The molecular weight excluding hydrogens is 422 g/mol. The van der Waals surface area contributed by atoms with Crippen molar-refractivity contribution in [3.8, 4) is 0 Å². The Balaban J connectivity index is 1.44. The standard InChI is InChI=1S/C25H31N3O3S/c1-18(15-19-9-3-2-4-10-19)26-17-20-11-5-7-13-22(20)28-32(30,31)25-16-24(29)21-12-6-8-14-23(21)27-25/h5-8,11-14,18-19,26,28H,2-4,9-10,15-17H2,1H3. The molecule has 4 rings (SSSR count). The molecule has 1 aliphatic carbocycles. The predicted octanol–water partition coefficient (Wildman–Crippen LogP) is 5.19. The number of carbonyl (C=O) groups is 1. The summed E-state index contributed by atoms with van der Waals surface area (Å²) in [5.74, 6) is 0.548. The molecule has 2 aliphatic rings. The summed E-state index contributed by atoms with van der Waals surface area (Å²) in [7, 11) is -3.94. The second-order valence-corrected chi connectivity index (χ2v) is 10.6. The molecule has 6 nitrogen and oxygen atoms in total. The van der Waals surface area contributed by atoms with Crippen LogP contribution in [0.1, 0.15) is 67.8 Å². The van der Waals surface area contributed by atoms with E-state index in [9.17, 15) is 13.2 Å². The van der Waals surface area contributed by atoms with Gasteiger partial charge in [0.05, 0.1) is 17.8 Å². The first-order chi connectivity index (χ1) is 15.4. The smallest absolute Gasteiger partial charge is 0.275 e. The summed E-state index contributed by atoms with van der Waals surface area (Å²) >= 11 is 0. The van der Waals surface area contributed by atoms with Crippen LogP contribution < -0.4 is 10.0 Å². The normalized spacial score (nSPS) is 18.0. The van der Waals surface area contributed by atoms with Gasteiger partial charge in [-0.25, -0.2) is 4.99 Å². The van der Waals surface area contributed by atoms with Crippen LogP contribution in [0.3, 0.4) is 0 Å². The Morgan fingerprint density at radius 1 is 1.03 bits per heavy atom. The van der Waals surface area contributed by atoms with Crippen molar-refractivity contribution in [1.82, 2.24) is 5.32 Å². The molecule has 2 N–H and O–H groups in total. The number of nitrogens with zero attached hydrogens (tertiary/aromatic N) is 1. The molecule has 0 saturated heterocycles. The van der Waals surface area contributed by atoms with Gasteiger partial charge in [0, 0.05) is 18.2 Å². The first-order valence-corrected chi connectivity index (χ1v) is 12.9. The van der Waals surface area contributed by atoms with Gasteiger partial charge in [-0.2, -0.15) is 8.42 Å². The number of hydrogen-bond donors (Lipinski definition) is 2. The van der Waals surface area contributed by atoms with Crippen LogP contribution in [0.5, 0.6) is 0 Å². The lowest BCUT2D eigenvalue weighted by Gasteiger charge is -2.25. The molecular formula is C25H31N3O3S. The first-order valence-electron chi connectivity index (χ1n) is 11.5. The number of sulfonamides is 1. The van der Waals surface area contributed by atoms with Crippen LogP contribution in [0, 0.1) is 5.92 Å². The fourth-order valence-corrected chi connectivity index (χ4v) is 5.78. The number of rotatable bonds is 7. The molecule has 1 heterocycles. The highest BCUT2D eigenvalue weighted by Crippen LogP contribution is 2.29. The largest absolute Gasteiger partial charge is 0.310 e. The Morgan fingerprint density at radius 3 is 2.56 bits per heavy atom. The minimum absolute atomic E-state index is 0.144. The van der Waals surface area contributed by atoms with E-state index in [0.717, 1.165) is 17.9 Å². The maximum absolute atomic E-state index is 13.0. The molecule has 0 spiro atoms. The molecule has 0 bridgehead atoms. The molecule has 0 aromatic heterocycles. The van der Waals surface area contributed by atoms with Crippen LogP contribution in [-0.2, 0) is 16.6 Å². The molecule has 7 heteroatoms. The third kappa shape index (κ3) is 5.45. The number of benzene rings is 2. The number of carbonyl (C=O) groups excluding carboxylic acids is 1. The highest BCUT2D eigenvalue weighted by Gasteiger charge is 2.29. The number of aliphatic imine (C=N–C) groups is 1. The average molecular weight is 454 g/mol. The summed E-state index contributed by atoms with van der Waals surface area (Å²) in [4.78, 5) is 16.7. The molecule has 0 radical (unpaired) electrons. The van der Waals surface area contributed by atoms with E-state index >= 15 is 0 Å². The topological polar surface area (TPSA) is 87.6 Å². The van der Waals surface area contributed by atoms with Gasteiger partial charge in [-0.3, -0.25) is 9.52 Å². The number of anilines is 1. The lowest BCUT2D eigenvalue weighted by atomic mass is 9.85. The van der Waals surface area contributed by atoms with E-state index in [2.05, 4.69) is 22.0 Å². The summed E-state index contributed by atoms with van der Waals surface area (Å²) in [5.41, 5.74) is 2.24. The summed E-state index contributed by atoms with van der Waals surface area (Å²) < 4.78 is 28.8. The number of fused-ring (bicyclic) bond motifs is 1. The highest BCUT2D eigenvalue weighted by atomic mass is 32.2. The van der Waals surface area contributed by atoms with Gasteiger partial charge >= 0.3 is 0 Å². The molecule has 0 amide bonds. The van der Waals surface area contributed by atoms with Crippen molar-refractivity contribution in [2.24, 2.45) is 10.9 Å². The van der Waals surface area contributed by atoms with E-state index in [4.69, 9.17) is 0 Å². The van der Waals surface area contributed by atoms with Crippen LogP contribution in [0.25, 0.3) is 0 Å². The average Bonchev–Trinajstić information content (AvgIpc) is 2.79.